The van der Waals surface area contributed by atoms with E-state index in [2.05, 4.69) is 11.5 Å². The third-order valence-electron chi connectivity index (χ3n) is 0.888. The van der Waals surface area contributed by atoms with Crippen molar-refractivity contribution in [2.75, 3.05) is 5.88 Å². The average Bonchev–Trinajstić information content (AvgIpc) is 1.87. The maximum atomic E-state index is 9.76. The Hall–Kier alpha value is -0.0500. The monoisotopic (exact) mass is 135 g/mol. The van der Waals surface area contributed by atoms with E-state index in [1.54, 1.807) is 6.92 Å². The Morgan fingerprint density at radius 1 is 2.00 bits per heavy atom. The Morgan fingerprint density at radius 3 is 2.50 bits per heavy atom. The van der Waals surface area contributed by atoms with Crippen molar-refractivity contribution in [2.45, 2.75) is 12.5 Å². The highest BCUT2D eigenvalue weighted by Gasteiger charge is 2.19. The molecule has 0 aromatic rings. The van der Waals surface area contributed by atoms with Gasteiger partial charge in [-0.15, -0.1) is 18.2 Å². The fourth-order valence-corrected chi connectivity index (χ4v) is 0.264. The van der Waals surface area contributed by atoms with Gasteiger partial charge < -0.3 is 0 Å². The van der Waals surface area contributed by atoms with Gasteiger partial charge in [-0.3, -0.25) is 0 Å². The molecule has 0 amide bonds. The van der Waals surface area contributed by atoms with Crippen LogP contribution < -0.4 is 0 Å². The molecule has 0 aliphatic carbocycles. The molecule has 1 radical (unpaired) electrons. The van der Waals surface area contributed by atoms with Crippen LogP contribution in [-0.2, 0) is 10.1 Å². The number of halogens is 1. The normalized spacial score (nSPS) is 17.4. The first-order valence-electron chi connectivity index (χ1n) is 2.19. The van der Waals surface area contributed by atoms with Crippen molar-refractivity contribution in [1.82, 2.24) is 0 Å². The Labute approximate surface area is 53.6 Å². The molecule has 2 nitrogen and oxygen atoms in total. The molecule has 3 heteroatoms. The van der Waals surface area contributed by atoms with Crippen molar-refractivity contribution in [3.63, 3.8) is 0 Å². The minimum atomic E-state index is -0.901. The van der Waals surface area contributed by atoms with Crippen molar-refractivity contribution < 1.29 is 10.1 Å². The highest BCUT2D eigenvalue weighted by molar-refractivity contribution is 6.18. The zero-order chi connectivity index (χ0) is 6.62. The van der Waals surface area contributed by atoms with Gasteiger partial charge in [-0.25, -0.2) is 0 Å². The first kappa shape index (κ1) is 7.95. The quantitative estimate of drug-likeness (QED) is 0.250. The Balaban J connectivity index is 3.76. The minimum Gasteiger partial charge on any atom is -0.192 e. The number of hydrogen-bond acceptors (Lipinski definition) is 1. The molecule has 8 heavy (non-hydrogen) atoms. The average molecular weight is 136 g/mol. The highest BCUT2D eigenvalue weighted by Crippen LogP contribution is 2.11. The first-order chi connectivity index (χ1) is 3.68. The molecular formula is C5H8ClO2. The summed E-state index contributed by atoms with van der Waals surface area (Å²) in [4.78, 5) is 3.74. The molecule has 0 spiro atoms. The van der Waals surface area contributed by atoms with Gasteiger partial charge >= 0.3 is 0 Å². The Bertz CT molecular complexity index is 78.5. The van der Waals surface area contributed by atoms with E-state index in [-0.39, 0.29) is 5.88 Å². The van der Waals surface area contributed by atoms with Crippen LogP contribution in [-0.4, -0.2) is 11.5 Å². The van der Waals surface area contributed by atoms with Crippen LogP contribution in [0.5, 0.6) is 0 Å². The second-order valence-electron chi connectivity index (χ2n) is 1.73. The van der Waals surface area contributed by atoms with Gasteiger partial charge in [-0.05, 0) is 12.2 Å². The molecule has 0 aromatic heterocycles. The first-order valence-corrected chi connectivity index (χ1v) is 2.72. The summed E-state index contributed by atoms with van der Waals surface area (Å²) in [5.41, 5.74) is -0.901. The zero-order valence-electron chi connectivity index (χ0n) is 4.69. The van der Waals surface area contributed by atoms with Crippen LogP contribution in [0.15, 0.2) is 12.7 Å². The second kappa shape index (κ2) is 3.07. The van der Waals surface area contributed by atoms with Gasteiger partial charge in [0.15, 0.2) is 0 Å². The predicted molar refractivity (Wildman–Crippen MR) is 31.1 cm³/mol. The lowest BCUT2D eigenvalue weighted by molar-refractivity contribution is -0.350. The van der Waals surface area contributed by atoms with E-state index in [0.717, 1.165) is 0 Å². The van der Waals surface area contributed by atoms with E-state index >= 15 is 0 Å². The van der Waals surface area contributed by atoms with Crippen molar-refractivity contribution in [1.29, 1.82) is 0 Å². The summed E-state index contributed by atoms with van der Waals surface area (Å²) in [5.74, 6) is 0.139. The minimum absolute atomic E-state index is 0.139. The largest absolute Gasteiger partial charge is 0.192 e. The lowest BCUT2D eigenvalue weighted by Crippen LogP contribution is -2.25. The van der Waals surface area contributed by atoms with Gasteiger partial charge in [0.1, 0.15) is 5.60 Å². The molecule has 0 fully saturated rings. The smallest absolute Gasteiger partial charge is 0.135 e. The van der Waals surface area contributed by atoms with Crippen LogP contribution in [0.25, 0.3) is 0 Å². The molecule has 0 aliphatic heterocycles. The van der Waals surface area contributed by atoms with Crippen LogP contribution in [0.3, 0.4) is 0 Å². The molecule has 0 aromatic carbocycles. The van der Waals surface area contributed by atoms with Crippen LogP contribution in [0.4, 0.5) is 0 Å². The van der Waals surface area contributed by atoms with E-state index in [4.69, 9.17) is 11.6 Å². The summed E-state index contributed by atoms with van der Waals surface area (Å²) >= 11 is 5.31. The van der Waals surface area contributed by atoms with Gasteiger partial charge in [-0.2, -0.15) is 4.89 Å². The molecule has 47 valence electrons. The Kier molecular flexibility index (Phi) is 3.05. The molecule has 0 bridgehead atoms. The molecule has 0 N–H and O–H groups in total. The van der Waals surface area contributed by atoms with E-state index in [9.17, 15) is 5.26 Å². The van der Waals surface area contributed by atoms with Crippen molar-refractivity contribution >= 4 is 11.6 Å². The summed E-state index contributed by atoms with van der Waals surface area (Å²) in [5, 5.41) is 9.76. The molecule has 0 rings (SSSR count). The molecule has 1 atom stereocenters. The summed E-state index contributed by atoms with van der Waals surface area (Å²) < 4.78 is 0. The van der Waals surface area contributed by atoms with Crippen LogP contribution >= 0.6 is 11.6 Å². The van der Waals surface area contributed by atoms with Crippen molar-refractivity contribution in [2.24, 2.45) is 0 Å². The second-order valence-corrected chi connectivity index (χ2v) is 2.00. The van der Waals surface area contributed by atoms with E-state index in [1.165, 1.54) is 6.08 Å². The molecular weight excluding hydrogens is 128 g/mol. The maximum absolute atomic E-state index is 9.76. The lowest BCUT2D eigenvalue weighted by Gasteiger charge is -2.14. The summed E-state index contributed by atoms with van der Waals surface area (Å²) in [6, 6.07) is 0. The van der Waals surface area contributed by atoms with Gasteiger partial charge in [-0.1, -0.05) is 6.08 Å². The van der Waals surface area contributed by atoms with Gasteiger partial charge in [0.2, 0.25) is 0 Å². The molecule has 0 saturated heterocycles. The van der Waals surface area contributed by atoms with E-state index in [0.29, 0.717) is 0 Å². The molecule has 0 saturated carbocycles. The van der Waals surface area contributed by atoms with Crippen LogP contribution in [0, 0.1) is 0 Å². The fourth-order valence-electron chi connectivity index (χ4n) is 0.111. The summed E-state index contributed by atoms with van der Waals surface area (Å²) in [6.45, 7) is 4.93. The maximum Gasteiger partial charge on any atom is 0.135 e. The number of rotatable bonds is 3. The van der Waals surface area contributed by atoms with E-state index in [1.807, 2.05) is 0 Å². The predicted octanol–water partition coefficient (Wildman–Crippen LogP) is 1.53. The standard InChI is InChI=1S/C5H8ClO2/c1-3-5(2,4-6)8-7/h3H,1,4H2,2H3. The van der Waals surface area contributed by atoms with Crippen LogP contribution in [0.1, 0.15) is 6.92 Å². The number of hydrogen-bond donors (Lipinski definition) is 0. The Morgan fingerprint density at radius 2 is 2.50 bits per heavy atom. The molecule has 1 unspecified atom stereocenters. The zero-order valence-corrected chi connectivity index (χ0v) is 5.44. The fraction of sp³-hybridized carbons (Fsp3) is 0.600. The third-order valence-corrected chi connectivity index (χ3v) is 1.42. The van der Waals surface area contributed by atoms with Gasteiger partial charge in [0, 0.05) is 0 Å². The number of alkyl halides is 1. The van der Waals surface area contributed by atoms with Crippen molar-refractivity contribution in [3.8, 4) is 0 Å². The molecule has 0 heterocycles. The molecule has 0 aliphatic rings. The van der Waals surface area contributed by atoms with E-state index < -0.39 is 5.60 Å². The van der Waals surface area contributed by atoms with Crippen LogP contribution in [0.2, 0.25) is 0 Å². The lowest BCUT2D eigenvalue weighted by atomic mass is 10.1. The third kappa shape index (κ3) is 1.82. The summed E-state index contributed by atoms with van der Waals surface area (Å²) in [6.07, 6.45) is 1.38. The van der Waals surface area contributed by atoms with Crippen molar-refractivity contribution in [3.05, 3.63) is 12.7 Å². The topological polar surface area (TPSA) is 29.1 Å². The summed E-state index contributed by atoms with van der Waals surface area (Å²) in [7, 11) is 0. The van der Waals surface area contributed by atoms with Gasteiger partial charge in [0.05, 0.1) is 5.88 Å². The van der Waals surface area contributed by atoms with Gasteiger partial charge in [0.25, 0.3) is 0 Å². The SMILES string of the molecule is C=CC(C)(CCl)O[O]. The highest BCUT2D eigenvalue weighted by atomic mass is 35.5.